The highest BCUT2D eigenvalue weighted by molar-refractivity contribution is 7.92. The first kappa shape index (κ1) is 14.9. The summed E-state index contributed by atoms with van der Waals surface area (Å²) in [6.07, 6.45) is 0. The van der Waals surface area contributed by atoms with Crippen molar-refractivity contribution in [2.24, 2.45) is 5.73 Å². The van der Waals surface area contributed by atoms with Crippen LogP contribution in [-0.2, 0) is 10.0 Å². The number of amides is 1. The molecule has 0 aliphatic heterocycles. The maximum Gasteiger partial charge on any atom is 0.264 e. The number of carbonyl (C=O) groups excluding carboxylic acids is 1. The Morgan fingerprint density at radius 2 is 1.76 bits per heavy atom. The van der Waals surface area contributed by atoms with Crippen LogP contribution in [0.1, 0.15) is 10.4 Å². The van der Waals surface area contributed by atoms with Crippen molar-refractivity contribution in [2.45, 2.75) is 4.90 Å². The van der Waals surface area contributed by atoms with Gasteiger partial charge >= 0.3 is 0 Å². The monoisotopic (exact) mass is 312 g/mol. The number of hydrogen-bond donors (Lipinski definition) is 2. The fraction of sp³-hybridized carbons (Fsp3) is 0. The van der Waals surface area contributed by atoms with Crippen molar-refractivity contribution in [1.29, 1.82) is 0 Å². The third-order valence-electron chi connectivity index (χ3n) is 2.62. The van der Waals surface area contributed by atoms with Crippen LogP contribution in [0, 0.1) is 11.6 Å². The molecule has 2 aromatic rings. The van der Waals surface area contributed by atoms with Crippen LogP contribution in [0.5, 0.6) is 0 Å². The molecule has 0 fully saturated rings. The predicted octanol–water partition coefficient (Wildman–Crippen LogP) is 1.86. The summed E-state index contributed by atoms with van der Waals surface area (Å²) >= 11 is 0. The minimum absolute atomic E-state index is 0.0661. The number of anilines is 1. The Morgan fingerprint density at radius 1 is 1.10 bits per heavy atom. The molecule has 0 aliphatic carbocycles. The zero-order valence-corrected chi connectivity index (χ0v) is 11.3. The number of rotatable bonds is 4. The molecule has 0 unspecified atom stereocenters. The molecule has 0 atom stereocenters. The highest BCUT2D eigenvalue weighted by Gasteiger charge is 2.21. The summed E-state index contributed by atoms with van der Waals surface area (Å²) < 4.78 is 52.6. The lowest BCUT2D eigenvalue weighted by atomic mass is 10.2. The van der Waals surface area contributed by atoms with Crippen LogP contribution >= 0.6 is 0 Å². The van der Waals surface area contributed by atoms with E-state index in [1.165, 1.54) is 24.3 Å². The highest BCUT2D eigenvalue weighted by Crippen LogP contribution is 2.22. The van der Waals surface area contributed by atoms with Gasteiger partial charge < -0.3 is 5.73 Å². The molecule has 8 heteroatoms. The maximum absolute atomic E-state index is 13.6. The first-order chi connectivity index (χ1) is 9.81. The lowest BCUT2D eigenvalue weighted by molar-refractivity contribution is 0.100. The largest absolute Gasteiger partial charge is 0.366 e. The van der Waals surface area contributed by atoms with Gasteiger partial charge in [-0.05, 0) is 24.3 Å². The van der Waals surface area contributed by atoms with Crippen LogP contribution in [0.4, 0.5) is 14.5 Å². The Kier molecular flexibility index (Phi) is 3.90. The van der Waals surface area contributed by atoms with Crippen molar-refractivity contribution in [2.75, 3.05) is 4.72 Å². The molecule has 0 saturated carbocycles. The molecule has 3 N–H and O–H groups in total. The Bertz CT molecular complexity index is 807. The molecule has 0 heterocycles. The SMILES string of the molecule is NC(=O)c1ccccc1NS(=O)(=O)c1ccc(F)cc1F. The highest BCUT2D eigenvalue weighted by atomic mass is 32.2. The second kappa shape index (κ2) is 5.49. The Morgan fingerprint density at radius 3 is 2.38 bits per heavy atom. The molecule has 110 valence electrons. The Labute approximate surface area is 119 Å². The van der Waals surface area contributed by atoms with Crippen molar-refractivity contribution in [3.8, 4) is 0 Å². The van der Waals surface area contributed by atoms with Crippen LogP contribution in [0.2, 0.25) is 0 Å². The van der Waals surface area contributed by atoms with Gasteiger partial charge in [0.1, 0.15) is 16.5 Å². The molecule has 0 aliphatic rings. The van der Waals surface area contributed by atoms with Crippen molar-refractivity contribution < 1.29 is 22.0 Å². The summed E-state index contributed by atoms with van der Waals surface area (Å²) in [4.78, 5) is 10.5. The van der Waals surface area contributed by atoms with E-state index in [1.54, 1.807) is 0 Å². The molecule has 5 nitrogen and oxygen atoms in total. The van der Waals surface area contributed by atoms with E-state index in [1.807, 2.05) is 0 Å². The molecule has 0 spiro atoms. The van der Waals surface area contributed by atoms with E-state index in [0.717, 1.165) is 12.1 Å². The number of benzene rings is 2. The van der Waals surface area contributed by atoms with Crippen molar-refractivity contribution in [3.63, 3.8) is 0 Å². The van der Waals surface area contributed by atoms with Gasteiger partial charge in [-0.2, -0.15) is 0 Å². The van der Waals surface area contributed by atoms with E-state index in [-0.39, 0.29) is 11.3 Å². The average molecular weight is 312 g/mol. The number of nitrogens with two attached hydrogens (primary N) is 1. The molecule has 0 bridgehead atoms. The number of nitrogens with one attached hydrogen (secondary N) is 1. The van der Waals surface area contributed by atoms with E-state index in [0.29, 0.717) is 6.07 Å². The van der Waals surface area contributed by atoms with Crippen LogP contribution in [-0.4, -0.2) is 14.3 Å². The van der Waals surface area contributed by atoms with Gasteiger partial charge in [0.25, 0.3) is 15.9 Å². The van der Waals surface area contributed by atoms with Crippen LogP contribution in [0.25, 0.3) is 0 Å². The Hall–Kier alpha value is -2.48. The lowest BCUT2D eigenvalue weighted by Gasteiger charge is -2.11. The number of sulfonamides is 1. The van der Waals surface area contributed by atoms with Gasteiger partial charge in [-0.1, -0.05) is 12.1 Å². The van der Waals surface area contributed by atoms with Gasteiger partial charge in [0.15, 0.2) is 0 Å². The number of hydrogen-bond acceptors (Lipinski definition) is 3. The van der Waals surface area contributed by atoms with Gasteiger partial charge in [0.05, 0.1) is 11.3 Å². The number of carbonyl (C=O) groups is 1. The van der Waals surface area contributed by atoms with Crippen molar-refractivity contribution >= 4 is 21.6 Å². The van der Waals surface area contributed by atoms with Gasteiger partial charge in [-0.25, -0.2) is 17.2 Å². The van der Waals surface area contributed by atoms with Crippen LogP contribution in [0.3, 0.4) is 0 Å². The number of halogens is 2. The molecule has 2 aromatic carbocycles. The lowest BCUT2D eigenvalue weighted by Crippen LogP contribution is -2.19. The van der Waals surface area contributed by atoms with E-state index >= 15 is 0 Å². The molecule has 0 aromatic heterocycles. The van der Waals surface area contributed by atoms with Crippen molar-refractivity contribution in [3.05, 3.63) is 59.7 Å². The standard InChI is InChI=1S/C13H10F2N2O3S/c14-8-5-6-12(10(15)7-8)21(19,20)17-11-4-2-1-3-9(11)13(16)18/h1-7,17H,(H2,16,18). The van der Waals surface area contributed by atoms with Gasteiger partial charge in [-0.15, -0.1) is 0 Å². The van der Waals surface area contributed by atoms with E-state index in [4.69, 9.17) is 5.73 Å². The molecular weight excluding hydrogens is 302 g/mol. The molecule has 21 heavy (non-hydrogen) atoms. The predicted molar refractivity (Wildman–Crippen MR) is 72.1 cm³/mol. The Balaban J connectivity index is 2.45. The second-order valence-corrected chi connectivity index (χ2v) is 5.74. The van der Waals surface area contributed by atoms with E-state index in [9.17, 15) is 22.0 Å². The number of primary amides is 1. The minimum atomic E-state index is -4.32. The molecule has 0 saturated heterocycles. The van der Waals surface area contributed by atoms with Gasteiger partial charge in [0, 0.05) is 6.07 Å². The van der Waals surface area contributed by atoms with Gasteiger partial charge in [-0.3, -0.25) is 9.52 Å². The summed E-state index contributed by atoms with van der Waals surface area (Å²) in [5.41, 5.74) is 4.97. The first-order valence-corrected chi connectivity index (χ1v) is 7.16. The van der Waals surface area contributed by atoms with E-state index < -0.39 is 32.5 Å². The molecular formula is C13H10F2N2O3S. The average Bonchev–Trinajstić information content (AvgIpc) is 2.37. The van der Waals surface area contributed by atoms with Crippen LogP contribution in [0.15, 0.2) is 47.4 Å². The summed E-state index contributed by atoms with van der Waals surface area (Å²) in [6, 6.07) is 7.66. The van der Waals surface area contributed by atoms with Crippen LogP contribution < -0.4 is 10.5 Å². The third kappa shape index (κ3) is 3.16. The first-order valence-electron chi connectivity index (χ1n) is 5.68. The summed E-state index contributed by atoms with van der Waals surface area (Å²) in [7, 11) is -4.32. The minimum Gasteiger partial charge on any atom is -0.366 e. The maximum atomic E-state index is 13.6. The molecule has 0 radical (unpaired) electrons. The smallest absolute Gasteiger partial charge is 0.264 e. The molecule has 1 amide bonds. The summed E-state index contributed by atoms with van der Waals surface area (Å²) in [6.45, 7) is 0. The third-order valence-corrected chi connectivity index (χ3v) is 4.02. The van der Waals surface area contributed by atoms with E-state index in [2.05, 4.69) is 4.72 Å². The van der Waals surface area contributed by atoms with Crippen molar-refractivity contribution in [1.82, 2.24) is 0 Å². The zero-order chi connectivity index (χ0) is 15.6. The van der Waals surface area contributed by atoms with Gasteiger partial charge in [0.2, 0.25) is 0 Å². The topological polar surface area (TPSA) is 89.3 Å². The normalized spacial score (nSPS) is 11.1. The summed E-state index contributed by atoms with van der Waals surface area (Å²) in [5, 5.41) is 0. The molecule has 2 rings (SSSR count). The number of para-hydroxylation sites is 1. The zero-order valence-electron chi connectivity index (χ0n) is 10.5. The fourth-order valence-corrected chi connectivity index (χ4v) is 2.82. The fourth-order valence-electron chi connectivity index (χ4n) is 1.68. The summed E-state index contributed by atoms with van der Waals surface area (Å²) in [5.74, 6) is -2.98. The quantitative estimate of drug-likeness (QED) is 0.903. The second-order valence-electron chi connectivity index (χ2n) is 4.09.